The van der Waals surface area contributed by atoms with Gasteiger partial charge in [0.05, 0.1) is 0 Å². The molecule has 13 heavy (non-hydrogen) atoms. The fraction of sp³-hybridized carbons (Fsp3) is 0.692. The van der Waals surface area contributed by atoms with Crippen molar-refractivity contribution in [3.05, 3.63) is 24.3 Å². The van der Waals surface area contributed by atoms with E-state index in [-0.39, 0.29) is 0 Å². The largest absolute Gasteiger partial charge is 0.0882 e. The maximum absolute atomic E-state index is 2.38. The van der Waals surface area contributed by atoms with E-state index in [0.29, 0.717) is 0 Å². The molecule has 2 aliphatic rings. The Hall–Kier alpha value is -0.520. The van der Waals surface area contributed by atoms with Gasteiger partial charge in [-0.15, -0.1) is 0 Å². The van der Waals surface area contributed by atoms with Crippen molar-refractivity contribution in [2.75, 3.05) is 0 Å². The van der Waals surface area contributed by atoms with E-state index in [1.807, 2.05) is 27.7 Å². The zero-order chi connectivity index (χ0) is 10.1. The molecule has 0 aromatic carbocycles. The average Bonchev–Trinajstić information content (AvgIpc) is 2.71. The molecule has 0 aromatic rings. The standard InChI is InChI=1S/C9H12.2C2H6/c1-2-5-9-7-3-6-8(9)4-1;2*1-2/h1-3,6,8-9H,4-5,7H2;2*1-2H3. The third-order valence-electron chi connectivity index (χ3n) is 2.44. The second-order valence-corrected chi connectivity index (χ2v) is 3.03. The Morgan fingerprint density at radius 3 is 1.92 bits per heavy atom. The monoisotopic (exact) mass is 180 g/mol. The Bertz CT molecular complexity index is 153. The highest BCUT2D eigenvalue weighted by Gasteiger charge is 2.22. The van der Waals surface area contributed by atoms with E-state index < -0.39 is 0 Å². The summed E-state index contributed by atoms with van der Waals surface area (Å²) in [6.45, 7) is 8.00. The number of fused-ring (bicyclic) bond motifs is 1. The molecular weight excluding hydrogens is 156 g/mol. The normalized spacial score (nSPS) is 28.0. The molecule has 76 valence electrons. The van der Waals surface area contributed by atoms with E-state index in [0.717, 1.165) is 11.8 Å². The lowest BCUT2D eigenvalue weighted by Gasteiger charge is -2.19. The maximum atomic E-state index is 2.38. The summed E-state index contributed by atoms with van der Waals surface area (Å²) < 4.78 is 0. The molecule has 0 bridgehead atoms. The average molecular weight is 180 g/mol. The number of rotatable bonds is 0. The van der Waals surface area contributed by atoms with Gasteiger partial charge in [0, 0.05) is 0 Å². The van der Waals surface area contributed by atoms with Crippen LogP contribution in [0.5, 0.6) is 0 Å². The van der Waals surface area contributed by atoms with Gasteiger partial charge in [-0.1, -0.05) is 52.0 Å². The SMILES string of the molecule is C1=CCC2CC=CC2C1.CC.CC. The maximum Gasteiger partial charge on any atom is -0.0165 e. The topological polar surface area (TPSA) is 0 Å². The zero-order valence-electron chi connectivity index (χ0n) is 9.59. The van der Waals surface area contributed by atoms with Crippen LogP contribution in [0.3, 0.4) is 0 Å². The molecule has 0 heteroatoms. The lowest BCUT2D eigenvalue weighted by Crippen LogP contribution is -2.09. The van der Waals surface area contributed by atoms with Crippen LogP contribution in [-0.4, -0.2) is 0 Å². The zero-order valence-corrected chi connectivity index (χ0v) is 9.59. The summed E-state index contributed by atoms with van der Waals surface area (Å²) in [4.78, 5) is 0. The summed E-state index contributed by atoms with van der Waals surface area (Å²) in [5.41, 5.74) is 0. The van der Waals surface area contributed by atoms with Crippen LogP contribution in [0.2, 0.25) is 0 Å². The first-order chi connectivity index (χ1) is 6.47. The van der Waals surface area contributed by atoms with E-state index in [9.17, 15) is 0 Å². The molecule has 0 aliphatic heterocycles. The van der Waals surface area contributed by atoms with Crippen LogP contribution >= 0.6 is 0 Å². The lowest BCUT2D eigenvalue weighted by molar-refractivity contribution is 0.415. The molecule has 0 N–H and O–H groups in total. The fourth-order valence-electron chi connectivity index (χ4n) is 1.83. The third kappa shape index (κ3) is 3.80. The molecule has 0 nitrogen and oxygen atoms in total. The molecule has 2 atom stereocenters. The van der Waals surface area contributed by atoms with Gasteiger partial charge in [-0.2, -0.15) is 0 Å². The molecule has 0 radical (unpaired) electrons. The van der Waals surface area contributed by atoms with Gasteiger partial charge in [0.15, 0.2) is 0 Å². The third-order valence-corrected chi connectivity index (χ3v) is 2.44. The van der Waals surface area contributed by atoms with E-state index in [1.165, 1.54) is 19.3 Å². The Morgan fingerprint density at radius 1 is 0.769 bits per heavy atom. The van der Waals surface area contributed by atoms with Crippen LogP contribution in [0.4, 0.5) is 0 Å². The Balaban J connectivity index is 0.000000322. The predicted octanol–water partition coefficient (Wildman–Crippen LogP) is 4.58. The minimum atomic E-state index is 0.898. The molecule has 0 fully saturated rings. The van der Waals surface area contributed by atoms with Crippen molar-refractivity contribution in [3.8, 4) is 0 Å². The van der Waals surface area contributed by atoms with Gasteiger partial charge in [-0.3, -0.25) is 0 Å². The highest BCUT2D eigenvalue weighted by molar-refractivity contribution is 5.08. The molecule has 0 saturated carbocycles. The number of hydrogen-bond acceptors (Lipinski definition) is 0. The quantitative estimate of drug-likeness (QED) is 0.479. The van der Waals surface area contributed by atoms with Crippen LogP contribution in [0, 0.1) is 11.8 Å². The minimum absolute atomic E-state index is 0.898. The number of allylic oxidation sites excluding steroid dienone is 4. The van der Waals surface area contributed by atoms with Crippen molar-refractivity contribution in [1.82, 2.24) is 0 Å². The summed E-state index contributed by atoms with van der Waals surface area (Å²) in [6, 6.07) is 0. The highest BCUT2D eigenvalue weighted by atomic mass is 14.3. The second-order valence-electron chi connectivity index (χ2n) is 3.03. The van der Waals surface area contributed by atoms with Crippen molar-refractivity contribution < 1.29 is 0 Å². The van der Waals surface area contributed by atoms with Crippen molar-refractivity contribution in [1.29, 1.82) is 0 Å². The van der Waals surface area contributed by atoms with E-state index in [4.69, 9.17) is 0 Å². The first-order valence-corrected chi connectivity index (χ1v) is 5.78. The van der Waals surface area contributed by atoms with Crippen LogP contribution in [0.15, 0.2) is 24.3 Å². The van der Waals surface area contributed by atoms with E-state index in [1.54, 1.807) is 0 Å². The van der Waals surface area contributed by atoms with Gasteiger partial charge in [-0.25, -0.2) is 0 Å². The van der Waals surface area contributed by atoms with Gasteiger partial charge in [0.2, 0.25) is 0 Å². The van der Waals surface area contributed by atoms with E-state index in [2.05, 4.69) is 24.3 Å². The Morgan fingerprint density at radius 2 is 1.31 bits per heavy atom. The van der Waals surface area contributed by atoms with Gasteiger partial charge >= 0.3 is 0 Å². The molecule has 0 spiro atoms. The van der Waals surface area contributed by atoms with Crippen molar-refractivity contribution in [2.45, 2.75) is 47.0 Å². The summed E-state index contributed by atoms with van der Waals surface area (Å²) in [7, 11) is 0. The van der Waals surface area contributed by atoms with Gasteiger partial charge in [0.25, 0.3) is 0 Å². The molecule has 0 amide bonds. The van der Waals surface area contributed by atoms with Crippen molar-refractivity contribution >= 4 is 0 Å². The molecular formula is C13H24. The van der Waals surface area contributed by atoms with Crippen LogP contribution in [-0.2, 0) is 0 Å². The Kier molecular flexibility index (Phi) is 7.77. The predicted molar refractivity (Wildman–Crippen MR) is 61.8 cm³/mol. The van der Waals surface area contributed by atoms with Crippen LogP contribution in [0.25, 0.3) is 0 Å². The summed E-state index contributed by atoms with van der Waals surface area (Å²) in [6.07, 6.45) is 13.3. The highest BCUT2D eigenvalue weighted by Crippen LogP contribution is 2.33. The Labute approximate surface area is 83.7 Å². The van der Waals surface area contributed by atoms with Gasteiger partial charge < -0.3 is 0 Å². The van der Waals surface area contributed by atoms with E-state index >= 15 is 0 Å². The van der Waals surface area contributed by atoms with Crippen molar-refractivity contribution in [2.24, 2.45) is 11.8 Å². The fourth-order valence-corrected chi connectivity index (χ4v) is 1.83. The summed E-state index contributed by atoms with van der Waals surface area (Å²) in [5.74, 6) is 1.87. The van der Waals surface area contributed by atoms with Gasteiger partial charge in [-0.05, 0) is 31.1 Å². The molecule has 0 heterocycles. The first kappa shape index (κ1) is 12.5. The molecule has 0 saturated heterocycles. The summed E-state index contributed by atoms with van der Waals surface area (Å²) in [5, 5.41) is 0. The second kappa shape index (κ2) is 8.10. The molecule has 2 unspecified atom stereocenters. The summed E-state index contributed by atoms with van der Waals surface area (Å²) >= 11 is 0. The van der Waals surface area contributed by atoms with Crippen LogP contribution < -0.4 is 0 Å². The number of hydrogen-bond donors (Lipinski definition) is 0. The van der Waals surface area contributed by atoms with Gasteiger partial charge in [0.1, 0.15) is 0 Å². The first-order valence-electron chi connectivity index (χ1n) is 5.78. The lowest BCUT2D eigenvalue weighted by atomic mass is 9.86. The smallest absolute Gasteiger partial charge is 0.0165 e. The molecule has 0 aromatic heterocycles. The molecule has 2 rings (SSSR count). The van der Waals surface area contributed by atoms with Crippen molar-refractivity contribution in [3.63, 3.8) is 0 Å². The molecule has 2 aliphatic carbocycles. The minimum Gasteiger partial charge on any atom is -0.0882 e. The van der Waals surface area contributed by atoms with Crippen LogP contribution in [0.1, 0.15) is 47.0 Å².